The van der Waals surface area contributed by atoms with E-state index >= 15 is 0 Å². The number of halogens is 1. The number of furan rings is 1. The zero-order valence-corrected chi connectivity index (χ0v) is 11.4. The first kappa shape index (κ1) is 12.1. The van der Waals surface area contributed by atoms with Crippen LogP contribution in [0, 0.1) is 12.7 Å². The number of rotatable bonds is 1. The molecule has 0 spiro atoms. The maximum absolute atomic E-state index is 13.7. The summed E-state index contributed by atoms with van der Waals surface area (Å²) in [5, 5.41) is 2.79. The molecule has 21 heavy (non-hydrogen) atoms. The number of pyridine rings is 1. The molecule has 0 saturated carbocycles. The zero-order chi connectivity index (χ0) is 14.4. The van der Waals surface area contributed by atoms with Crippen LogP contribution in [0.25, 0.3) is 33.1 Å². The third kappa shape index (κ3) is 1.89. The van der Waals surface area contributed by atoms with Crippen molar-refractivity contribution in [3.63, 3.8) is 0 Å². The molecule has 2 aromatic heterocycles. The van der Waals surface area contributed by atoms with Gasteiger partial charge in [0.1, 0.15) is 17.2 Å². The lowest BCUT2D eigenvalue weighted by molar-refractivity contribution is 0.627. The topological polar surface area (TPSA) is 26.0 Å². The first-order valence-corrected chi connectivity index (χ1v) is 6.75. The third-order valence-electron chi connectivity index (χ3n) is 3.74. The standard InChI is InChI=1S/C18H12FNO/c1-11-6-13(19)8-14-15(11)9-20-10-16(14)18-7-12-4-2-3-5-17(12)21-18/h2-10H,1H3. The molecule has 0 atom stereocenters. The normalized spacial score (nSPS) is 11.3. The minimum atomic E-state index is -0.247. The van der Waals surface area contributed by atoms with E-state index in [9.17, 15) is 4.39 Å². The molecule has 0 bridgehead atoms. The molecule has 0 aliphatic carbocycles. The Morgan fingerprint density at radius 2 is 1.86 bits per heavy atom. The number of fused-ring (bicyclic) bond motifs is 2. The van der Waals surface area contributed by atoms with E-state index in [0.717, 1.165) is 32.9 Å². The van der Waals surface area contributed by atoms with Gasteiger partial charge in [0.25, 0.3) is 0 Å². The highest BCUT2D eigenvalue weighted by Crippen LogP contribution is 2.33. The minimum Gasteiger partial charge on any atom is -0.456 e. The van der Waals surface area contributed by atoms with E-state index in [-0.39, 0.29) is 5.82 Å². The summed E-state index contributed by atoms with van der Waals surface area (Å²) < 4.78 is 19.6. The van der Waals surface area contributed by atoms with Gasteiger partial charge in [-0.15, -0.1) is 0 Å². The van der Waals surface area contributed by atoms with E-state index < -0.39 is 0 Å². The van der Waals surface area contributed by atoms with Crippen LogP contribution < -0.4 is 0 Å². The van der Waals surface area contributed by atoms with E-state index in [1.165, 1.54) is 12.1 Å². The Labute approximate surface area is 120 Å². The predicted molar refractivity (Wildman–Crippen MR) is 81.6 cm³/mol. The Morgan fingerprint density at radius 3 is 2.71 bits per heavy atom. The Balaban J connectivity index is 2.05. The second-order valence-corrected chi connectivity index (χ2v) is 5.15. The monoisotopic (exact) mass is 277 g/mol. The number of nitrogens with zero attached hydrogens (tertiary/aromatic N) is 1. The third-order valence-corrected chi connectivity index (χ3v) is 3.74. The van der Waals surface area contributed by atoms with Gasteiger partial charge in [0.15, 0.2) is 0 Å². The molecule has 4 rings (SSSR count). The van der Waals surface area contributed by atoms with Crippen LogP contribution in [-0.2, 0) is 0 Å². The second kappa shape index (κ2) is 4.42. The van der Waals surface area contributed by atoms with Crippen molar-refractivity contribution in [2.75, 3.05) is 0 Å². The van der Waals surface area contributed by atoms with Crippen molar-refractivity contribution in [1.82, 2.24) is 4.98 Å². The summed E-state index contributed by atoms with van der Waals surface area (Å²) in [6.07, 6.45) is 3.48. The predicted octanol–water partition coefficient (Wildman–Crippen LogP) is 5.10. The number of para-hydroxylation sites is 1. The van der Waals surface area contributed by atoms with E-state index in [2.05, 4.69) is 4.98 Å². The zero-order valence-electron chi connectivity index (χ0n) is 11.4. The van der Waals surface area contributed by atoms with Gasteiger partial charge < -0.3 is 4.42 Å². The van der Waals surface area contributed by atoms with Gasteiger partial charge in [-0.3, -0.25) is 4.98 Å². The molecule has 2 nitrogen and oxygen atoms in total. The van der Waals surface area contributed by atoms with Crippen molar-refractivity contribution in [3.8, 4) is 11.3 Å². The van der Waals surface area contributed by atoms with Crippen molar-refractivity contribution in [1.29, 1.82) is 0 Å². The molecule has 0 unspecified atom stereocenters. The van der Waals surface area contributed by atoms with Gasteiger partial charge in [0, 0.05) is 28.7 Å². The molecule has 102 valence electrons. The first-order chi connectivity index (χ1) is 10.2. The summed E-state index contributed by atoms with van der Waals surface area (Å²) in [6, 6.07) is 12.8. The molecular weight excluding hydrogens is 265 g/mol. The fraction of sp³-hybridized carbons (Fsp3) is 0.0556. The van der Waals surface area contributed by atoms with E-state index in [1.807, 2.05) is 37.3 Å². The van der Waals surface area contributed by atoms with E-state index in [0.29, 0.717) is 5.76 Å². The maximum atomic E-state index is 13.7. The molecule has 0 fully saturated rings. The smallest absolute Gasteiger partial charge is 0.137 e. The van der Waals surface area contributed by atoms with Crippen molar-refractivity contribution in [2.45, 2.75) is 6.92 Å². The average Bonchev–Trinajstić information content (AvgIpc) is 2.90. The number of aryl methyl sites for hydroxylation is 1. The Bertz CT molecular complexity index is 938. The molecule has 0 aliphatic rings. The number of aromatic nitrogens is 1. The summed E-state index contributed by atoms with van der Waals surface area (Å²) in [5.41, 5.74) is 2.50. The van der Waals surface area contributed by atoms with Crippen LogP contribution in [0.3, 0.4) is 0 Å². The largest absolute Gasteiger partial charge is 0.456 e. The molecule has 0 saturated heterocycles. The summed E-state index contributed by atoms with van der Waals surface area (Å²) in [4.78, 5) is 4.27. The van der Waals surface area contributed by atoms with Gasteiger partial charge in [-0.25, -0.2) is 4.39 Å². The molecular formula is C18H12FNO. The van der Waals surface area contributed by atoms with E-state index in [1.54, 1.807) is 12.4 Å². The first-order valence-electron chi connectivity index (χ1n) is 6.75. The molecule has 0 radical (unpaired) electrons. The summed E-state index contributed by atoms with van der Waals surface area (Å²) in [6.45, 7) is 1.88. The van der Waals surface area contributed by atoms with Crippen LogP contribution in [0.5, 0.6) is 0 Å². The van der Waals surface area contributed by atoms with Crippen molar-refractivity contribution in [3.05, 3.63) is 66.2 Å². The van der Waals surface area contributed by atoms with E-state index in [4.69, 9.17) is 4.42 Å². The van der Waals surface area contributed by atoms with Gasteiger partial charge in [-0.1, -0.05) is 18.2 Å². The summed E-state index contributed by atoms with van der Waals surface area (Å²) in [7, 11) is 0. The fourth-order valence-electron chi connectivity index (χ4n) is 2.72. The van der Waals surface area contributed by atoms with Crippen LogP contribution in [0.4, 0.5) is 4.39 Å². The average molecular weight is 277 g/mol. The minimum absolute atomic E-state index is 0.247. The van der Waals surface area contributed by atoms with Gasteiger partial charge >= 0.3 is 0 Å². The molecule has 3 heteroatoms. The molecule has 2 aromatic carbocycles. The highest BCUT2D eigenvalue weighted by atomic mass is 19.1. The Hall–Kier alpha value is -2.68. The van der Waals surface area contributed by atoms with Crippen LogP contribution in [0.15, 0.2) is 59.3 Å². The van der Waals surface area contributed by atoms with Crippen LogP contribution in [-0.4, -0.2) is 4.98 Å². The van der Waals surface area contributed by atoms with Gasteiger partial charge in [-0.2, -0.15) is 0 Å². The lowest BCUT2D eigenvalue weighted by Gasteiger charge is -2.06. The highest BCUT2D eigenvalue weighted by molar-refractivity contribution is 5.98. The van der Waals surface area contributed by atoms with Crippen molar-refractivity contribution in [2.24, 2.45) is 0 Å². The Morgan fingerprint density at radius 1 is 1.00 bits per heavy atom. The highest BCUT2D eigenvalue weighted by Gasteiger charge is 2.12. The summed E-state index contributed by atoms with van der Waals surface area (Å²) in [5.74, 6) is 0.461. The molecule has 4 aromatic rings. The maximum Gasteiger partial charge on any atom is 0.137 e. The fourth-order valence-corrected chi connectivity index (χ4v) is 2.72. The SMILES string of the molecule is Cc1cc(F)cc2c(-c3cc4ccccc4o3)cncc12. The Kier molecular flexibility index (Phi) is 2.54. The molecule has 0 amide bonds. The van der Waals surface area contributed by atoms with Gasteiger partial charge in [0.2, 0.25) is 0 Å². The lowest BCUT2D eigenvalue weighted by Crippen LogP contribution is -1.87. The van der Waals surface area contributed by atoms with Crippen molar-refractivity contribution < 1.29 is 8.81 Å². The number of benzene rings is 2. The number of hydrogen-bond donors (Lipinski definition) is 0. The van der Waals surface area contributed by atoms with Crippen LogP contribution in [0.2, 0.25) is 0 Å². The van der Waals surface area contributed by atoms with Crippen LogP contribution >= 0.6 is 0 Å². The van der Waals surface area contributed by atoms with Gasteiger partial charge in [0.05, 0.1) is 0 Å². The molecule has 0 N–H and O–H groups in total. The summed E-state index contributed by atoms with van der Waals surface area (Å²) >= 11 is 0. The second-order valence-electron chi connectivity index (χ2n) is 5.15. The quantitative estimate of drug-likeness (QED) is 0.484. The number of hydrogen-bond acceptors (Lipinski definition) is 2. The van der Waals surface area contributed by atoms with Gasteiger partial charge in [-0.05, 0) is 42.1 Å². The lowest BCUT2D eigenvalue weighted by atomic mass is 10.0. The van der Waals surface area contributed by atoms with Crippen molar-refractivity contribution >= 4 is 21.7 Å². The molecule has 2 heterocycles. The van der Waals surface area contributed by atoms with Crippen LogP contribution in [0.1, 0.15) is 5.56 Å². The molecule has 0 aliphatic heterocycles.